The number of hydrogen-bond donors (Lipinski definition) is 0. The van der Waals surface area contributed by atoms with Gasteiger partial charge >= 0.3 is 5.97 Å². The van der Waals surface area contributed by atoms with Crippen molar-refractivity contribution in [3.8, 4) is 17.0 Å². The molecule has 1 fully saturated rings. The Morgan fingerprint density at radius 1 is 1.26 bits per heavy atom. The number of aromatic nitrogens is 1. The summed E-state index contributed by atoms with van der Waals surface area (Å²) in [5.74, 6) is 0.690. The Balaban J connectivity index is 1.76. The van der Waals surface area contributed by atoms with Gasteiger partial charge in [-0.05, 0) is 57.4 Å². The van der Waals surface area contributed by atoms with E-state index >= 15 is 0 Å². The number of nitrogens with zero attached hydrogens (tertiary/aromatic N) is 1. The largest absolute Gasteiger partial charge is 0.490 e. The molecule has 0 unspecified atom stereocenters. The fourth-order valence-electron chi connectivity index (χ4n) is 3.67. The minimum Gasteiger partial charge on any atom is -0.490 e. The Morgan fingerprint density at radius 2 is 2.03 bits per heavy atom. The van der Waals surface area contributed by atoms with Crippen molar-refractivity contribution in [1.29, 1.82) is 0 Å². The fourth-order valence-corrected chi connectivity index (χ4v) is 4.92. The molecule has 1 aromatic carbocycles. The Labute approximate surface area is 190 Å². The summed E-state index contributed by atoms with van der Waals surface area (Å²) in [6.07, 6.45) is 1.56. The van der Waals surface area contributed by atoms with Crippen molar-refractivity contribution >= 4 is 29.3 Å². The lowest BCUT2D eigenvalue weighted by atomic mass is 10.0. The number of esters is 1. The summed E-state index contributed by atoms with van der Waals surface area (Å²) in [6, 6.07) is 5.59. The highest BCUT2D eigenvalue weighted by atomic mass is 35.5. The number of thioether (sulfide) groups is 1. The zero-order chi connectivity index (χ0) is 22.1. The van der Waals surface area contributed by atoms with Gasteiger partial charge in [0.2, 0.25) is 0 Å². The molecule has 1 saturated carbocycles. The van der Waals surface area contributed by atoms with Crippen LogP contribution in [0, 0.1) is 0 Å². The standard InChI is InChI=1S/C23H26ClNO5S/c1-4-28-7-8-29-19-11-20-16(10-18(19)24)21-14(12-31-20)9-17(23(27)30-13(2)3)22(26)25(21)15-5-6-15/h9-11,13,15H,4-8,12H2,1-3H3. The Bertz CT molecular complexity index is 1060. The molecule has 31 heavy (non-hydrogen) atoms. The molecular formula is C23H26ClNO5S. The number of benzene rings is 1. The highest BCUT2D eigenvalue weighted by Crippen LogP contribution is 2.48. The third-order valence-corrected chi connectivity index (χ3v) is 6.55. The molecule has 1 aliphatic heterocycles. The van der Waals surface area contributed by atoms with Crippen LogP contribution in [-0.2, 0) is 15.2 Å². The number of carbonyl (C=O) groups is 1. The van der Waals surface area contributed by atoms with Crippen molar-refractivity contribution < 1.29 is 19.0 Å². The molecule has 8 heteroatoms. The van der Waals surface area contributed by atoms with Crippen LogP contribution in [0.15, 0.2) is 27.9 Å². The highest BCUT2D eigenvalue weighted by molar-refractivity contribution is 7.98. The van der Waals surface area contributed by atoms with Crippen molar-refractivity contribution in [2.45, 2.75) is 56.4 Å². The highest BCUT2D eigenvalue weighted by Gasteiger charge is 2.34. The molecule has 2 aliphatic rings. The summed E-state index contributed by atoms with van der Waals surface area (Å²) in [5, 5.41) is 0.488. The van der Waals surface area contributed by atoms with Crippen LogP contribution in [0.5, 0.6) is 5.75 Å². The van der Waals surface area contributed by atoms with Crippen molar-refractivity contribution in [3.63, 3.8) is 0 Å². The molecule has 166 valence electrons. The van der Waals surface area contributed by atoms with Crippen LogP contribution in [-0.4, -0.2) is 36.5 Å². The van der Waals surface area contributed by atoms with E-state index in [1.165, 1.54) is 0 Å². The predicted octanol–water partition coefficient (Wildman–Crippen LogP) is 5.09. The molecule has 2 aromatic rings. The van der Waals surface area contributed by atoms with Gasteiger partial charge < -0.3 is 18.8 Å². The van der Waals surface area contributed by atoms with E-state index in [0.717, 1.165) is 34.6 Å². The first-order chi connectivity index (χ1) is 14.9. The lowest BCUT2D eigenvalue weighted by molar-refractivity contribution is 0.0375. The van der Waals surface area contributed by atoms with E-state index in [0.29, 0.717) is 36.3 Å². The first-order valence-electron chi connectivity index (χ1n) is 10.6. The van der Waals surface area contributed by atoms with Gasteiger partial charge in [-0.2, -0.15) is 0 Å². The zero-order valence-corrected chi connectivity index (χ0v) is 19.5. The second-order valence-electron chi connectivity index (χ2n) is 7.91. The first-order valence-corrected chi connectivity index (χ1v) is 11.9. The minimum atomic E-state index is -0.566. The molecule has 0 radical (unpaired) electrons. The number of halogens is 1. The Hall–Kier alpha value is -1.96. The van der Waals surface area contributed by atoms with E-state index in [2.05, 4.69) is 0 Å². The van der Waals surface area contributed by atoms with Crippen LogP contribution in [0.3, 0.4) is 0 Å². The first kappa shape index (κ1) is 22.2. The van der Waals surface area contributed by atoms with Gasteiger partial charge in [-0.15, -0.1) is 11.8 Å². The van der Waals surface area contributed by atoms with Gasteiger partial charge in [-0.3, -0.25) is 4.79 Å². The lowest BCUT2D eigenvalue weighted by Crippen LogP contribution is -2.30. The third kappa shape index (κ3) is 4.64. The number of rotatable bonds is 8. The van der Waals surface area contributed by atoms with Crippen molar-refractivity contribution in [3.05, 3.63) is 44.7 Å². The summed E-state index contributed by atoms with van der Waals surface area (Å²) in [4.78, 5) is 26.9. The van der Waals surface area contributed by atoms with Gasteiger partial charge in [-0.1, -0.05) is 11.6 Å². The molecule has 0 N–H and O–H groups in total. The predicted molar refractivity (Wildman–Crippen MR) is 122 cm³/mol. The van der Waals surface area contributed by atoms with Gasteiger partial charge in [-0.25, -0.2) is 4.79 Å². The van der Waals surface area contributed by atoms with Crippen LogP contribution in [0.4, 0.5) is 0 Å². The molecule has 4 rings (SSSR count). The molecule has 0 spiro atoms. The van der Waals surface area contributed by atoms with E-state index in [1.807, 2.05) is 19.1 Å². The minimum absolute atomic E-state index is 0.102. The molecule has 1 aromatic heterocycles. The lowest BCUT2D eigenvalue weighted by Gasteiger charge is -2.25. The van der Waals surface area contributed by atoms with Crippen molar-refractivity contribution in [1.82, 2.24) is 4.57 Å². The summed E-state index contributed by atoms with van der Waals surface area (Å²) in [7, 11) is 0. The Morgan fingerprint density at radius 3 is 2.71 bits per heavy atom. The Kier molecular flexibility index (Phi) is 6.65. The quantitative estimate of drug-likeness (QED) is 0.401. The fraction of sp³-hybridized carbons (Fsp3) is 0.478. The molecule has 2 heterocycles. The zero-order valence-electron chi connectivity index (χ0n) is 17.9. The summed E-state index contributed by atoms with van der Waals surface area (Å²) in [6.45, 7) is 7.04. The normalized spacial score (nSPS) is 14.9. The van der Waals surface area contributed by atoms with Crippen LogP contribution < -0.4 is 10.3 Å². The van der Waals surface area contributed by atoms with Crippen molar-refractivity contribution in [2.75, 3.05) is 19.8 Å². The molecule has 0 bridgehead atoms. The van der Waals surface area contributed by atoms with Gasteiger partial charge in [0.05, 0.1) is 23.4 Å². The second kappa shape index (κ2) is 9.27. The number of hydrogen-bond acceptors (Lipinski definition) is 6. The average molecular weight is 464 g/mol. The summed E-state index contributed by atoms with van der Waals surface area (Å²) in [5.41, 5.74) is 2.51. The molecule has 1 aliphatic carbocycles. The molecule has 0 atom stereocenters. The maximum Gasteiger partial charge on any atom is 0.344 e. The smallest absolute Gasteiger partial charge is 0.344 e. The molecule has 6 nitrogen and oxygen atoms in total. The number of ether oxygens (including phenoxy) is 3. The average Bonchev–Trinajstić information content (AvgIpc) is 3.55. The van der Waals surface area contributed by atoms with E-state index in [9.17, 15) is 9.59 Å². The van der Waals surface area contributed by atoms with E-state index in [1.54, 1.807) is 36.2 Å². The van der Waals surface area contributed by atoms with Crippen molar-refractivity contribution in [2.24, 2.45) is 0 Å². The summed E-state index contributed by atoms with van der Waals surface area (Å²) < 4.78 is 18.2. The number of carbonyl (C=O) groups excluding carboxylic acids is 1. The van der Waals surface area contributed by atoms with E-state index < -0.39 is 5.97 Å². The van der Waals surface area contributed by atoms with Gasteiger partial charge in [0.1, 0.15) is 17.9 Å². The van der Waals surface area contributed by atoms with Crippen LogP contribution in [0.25, 0.3) is 11.3 Å². The SMILES string of the molecule is CCOCCOc1cc2c(cc1Cl)-c1c(cc(C(=O)OC(C)C)c(=O)n1C1CC1)CS2. The van der Waals surface area contributed by atoms with Crippen LogP contribution in [0.1, 0.15) is 55.6 Å². The summed E-state index contributed by atoms with van der Waals surface area (Å²) >= 11 is 8.17. The molecule has 0 amide bonds. The maximum absolute atomic E-state index is 13.3. The van der Waals surface area contributed by atoms with Gasteiger partial charge in [0.25, 0.3) is 5.56 Å². The van der Waals surface area contributed by atoms with E-state index in [-0.39, 0.29) is 23.3 Å². The molecule has 0 saturated heterocycles. The molecular weight excluding hydrogens is 438 g/mol. The van der Waals surface area contributed by atoms with Gasteiger partial charge in [0.15, 0.2) is 0 Å². The van der Waals surface area contributed by atoms with Crippen LogP contribution >= 0.6 is 23.4 Å². The topological polar surface area (TPSA) is 66.8 Å². The maximum atomic E-state index is 13.3. The second-order valence-corrected chi connectivity index (χ2v) is 9.33. The van der Waals surface area contributed by atoms with Gasteiger partial charge in [0, 0.05) is 28.9 Å². The third-order valence-electron chi connectivity index (χ3n) is 5.15. The number of pyridine rings is 1. The van der Waals surface area contributed by atoms with Crippen LogP contribution in [0.2, 0.25) is 5.02 Å². The van der Waals surface area contributed by atoms with E-state index in [4.69, 9.17) is 25.8 Å². The number of fused-ring (bicyclic) bond motifs is 3. The monoisotopic (exact) mass is 463 g/mol.